The van der Waals surface area contributed by atoms with E-state index in [0.717, 1.165) is 15.6 Å². The molecule has 5 heteroatoms. The SMILES string of the molecule is COCc1ccccc1CNC(=O)C(C)Oc1ccc(Br)cc1. The lowest BCUT2D eigenvalue weighted by Gasteiger charge is -2.16. The molecule has 0 aliphatic heterocycles. The molecule has 2 aromatic rings. The summed E-state index contributed by atoms with van der Waals surface area (Å²) in [6, 6.07) is 15.3. The highest BCUT2D eigenvalue weighted by Crippen LogP contribution is 2.17. The average Bonchev–Trinajstić information content (AvgIpc) is 2.56. The summed E-state index contributed by atoms with van der Waals surface area (Å²) in [5, 5.41) is 2.90. The fourth-order valence-electron chi connectivity index (χ4n) is 2.12. The van der Waals surface area contributed by atoms with Gasteiger partial charge in [0.2, 0.25) is 0 Å². The number of ether oxygens (including phenoxy) is 2. The van der Waals surface area contributed by atoms with Crippen molar-refractivity contribution in [2.24, 2.45) is 0 Å². The van der Waals surface area contributed by atoms with Gasteiger partial charge in [-0.05, 0) is 42.3 Å². The summed E-state index contributed by atoms with van der Waals surface area (Å²) in [5.41, 5.74) is 2.11. The van der Waals surface area contributed by atoms with Crippen molar-refractivity contribution in [3.8, 4) is 5.75 Å². The number of methoxy groups -OCH3 is 1. The van der Waals surface area contributed by atoms with Crippen molar-refractivity contribution in [2.75, 3.05) is 7.11 Å². The Morgan fingerprint density at radius 2 is 1.78 bits per heavy atom. The van der Waals surface area contributed by atoms with Crippen LogP contribution < -0.4 is 10.1 Å². The zero-order valence-corrected chi connectivity index (χ0v) is 14.8. The number of hydrogen-bond acceptors (Lipinski definition) is 3. The van der Waals surface area contributed by atoms with E-state index in [0.29, 0.717) is 18.9 Å². The van der Waals surface area contributed by atoms with Crippen LogP contribution in [0.5, 0.6) is 5.75 Å². The lowest BCUT2D eigenvalue weighted by molar-refractivity contribution is -0.127. The van der Waals surface area contributed by atoms with Gasteiger partial charge < -0.3 is 14.8 Å². The first-order valence-electron chi connectivity index (χ1n) is 7.36. The fraction of sp³-hybridized carbons (Fsp3) is 0.278. The van der Waals surface area contributed by atoms with Crippen LogP contribution >= 0.6 is 15.9 Å². The van der Waals surface area contributed by atoms with Gasteiger partial charge >= 0.3 is 0 Å². The maximum absolute atomic E-state index is 12.2. The van der Waals surface area contributed by atoms with Crippen molar-refractivity contribution in [3.05, 3.63) is 64.1 Å². The Morgan fingerprint density at radius 1 is 1.13 bits per heavy atom. The molecule has 1 atom stereocenters. The first-order valence-corrected chi connectivity index (χ1v) is 8.15. The van der Waals surface area contributed by atoms with E-state index in [4.69, 9.17) is 9.47 Å². The minimum Gasteiger partial charge on any atom is -0.481 e. The van der Waals surface area contributed by atoms with E-state index in [1.807, 2.05) is 48.5 Å². The molecule has 0 heterocycles. The van der Waals surface area contributed by atoms with E-state index in [2.05, 4.69) is 21.2 Å². The normalized spacial score (nSPS) is 11.8. The third-order valence-corrected chi connectivity index (χ3v) is 3.90. The van der Waals surface area contributed by atoms with Gasteiger partial charge in [-0.2, -0.15) is 0 Å². The predicted octanol–water partition coefficient (Wildman–Crippen LogP) is 3.68. The van der Waals surface area contributed by atoms with Crippen molar-refractivity contribution in [1.29, 1.82) is 0 Å². The number of amides is 1. The molecule has 1 amide bonds. The second-order valence-corrected chi connectivity index (χ2v) is 6.05. The Hall–Kier alpha value is -1.85. The number of carbonyl (C=O) groups excluding carboxylic acids is 1. The molecule has 0 bridgehead atoms. The number of rotatable bonds is 7. The number of hydrogen-bond donors (Lipinski definition) is 1. The van der Waals surface area contributed by atoms with E-state index in [9.17, 15) is 4.79 Å². The van der Waals surface area contributed by atoms with E-state index >= 15 is 0 Å². The maximum atomic E-state index is 12.2. The quantitative estimate of drug-likeness (QED) is 0.800. The van der Waals surface area contributed by atoms with Crippen molar-refractivity contribution < 1.29 is 14.3 Å². The highest BCUT2D eigenvalue weighted by Gasteiger charge is 2.14. The van der Waals surface area contributed by atoms with Gasteiger partial charge in [-0.1, -0.05) is 40.2 Å². The highest BCUT2D eigenvalue weighted by atomic mass is 79.9. The zero-order valence-electron chi connectivity index (χ0n) is 13.2. The monoisotopic (exact) mass is 377 g/mol. The Labute approximate surface area is 144 Å². The van der Waals surface area contributed by atoms with Crippen LogP contribution in [0.3, 0.4) is 0 Å². The molecule has 2 rings (SSSR count). The predicted molar refractivity (Wildman–Crippen MR) is 93.2 cm³/mol. The number of carbonyl (C=O) groups is 1. The first kappa shape index (κ1) is 17.5. The van der Waals surface area contributed by atoms with Gasteiger partial charge in [0.25, 0.3) is 5.91 Å². The summed E-state index contributed by atoms with van der Waals surface area (Å²) >= 11 is 3.37. The molecule has 0 aliphatic rings. The molecule has 0 aromatic heterocycles. The largest absolute Gasteiger partial charge is 0.481 e. The zero-order chi connectivity index (χ0) is 16.7. The summed E-state index contributed by atoms with van der Waals surface area (Å²) in [7, 11) is 1.66. The van der Waals surface area contributed by atoms with E-state index in [1.165, 1.54) is 0 Å². The molecule has 4 nitrogen and oxygen atoms in total. The molecule has 122 valence electrons. The summed E-state index contributed by atoms with van der Waals surface area (Å²) < 4.78 is 11.8. The van der Waals surface area contributed by atoms with Gasteiger partial charge in [-0.15, -0.1) is 0 Å². The van der Waals surface area contributed by atoms with Gasteiger partial charge in [0.15, 0.2) is 6.10 Å². The third kappa shape index (κ3) is 5.37. The van der Waals surface area contributed by atoms with Crippen molar-refractivity contribution in [2.45, 2.75) is 26.2 Å². The summed E-state index contributed by atoms with van der Waals surface area (Å²) in [4.78, 5) is 12.2. The van der Waals surface area contributed by atoms with Crippen LogP contribution in [0.4, 0.5) is 0 Å². The van der Waals surface area contributed by atoms with Crippen LogP contribution in [-0.4, -0.2) is 19.1 Å². The Kier molecular flexibility index (Phi) is 6.62. The van der Waals surface area contributed by atoms with Gasteiger partial charge in [-0.25, -0.2) is 0 Å². The fourth-order valence-corrected chi connectivity index (χ4v) is 2.39. The van der Waals surface area contributed by atoms with Crippen molar-refractivity contribution in [3.63, 3.8) is 0 Å². The molecule has 2 aromatic carbocycles. The first-order chi connectivity index (χ1) is 11.1. The van der Waals surface area contributed by atoms with Crippen molar-refractivity contribution >= 4 is 21.8 Å². The summed E-state index contributed by atoms with van der Waals surface area (Å²) in [6.45, 7) is 2.71. The Bertz CT molecular complexity index is 643. The minimum absolute atomic E-state index is 0.153. The molecule has 23 heavy (non-hydrogen) atoms. The Morgan fingerprint density at radius 3 is 2.43 bits per heavy atom. The highest BCUT2D eigenvalue weighted by molar-refractivity contribution is 9.10. The lowest BCUT2D eigenvalue weighted by atomic mass is 10.1. The molecule has 0 saturated carbocycles. The second-order valence-electron chi connectivity index (χ2n) is 5.13. The van der Waals surface area contributed by atoms with Gasteiger partial charge in [0.05, 0.1) is 6.61 Å². The van der Waals surface area contributed by atoms with Crippen LogP contribution in [0.1, 0.15) is 18.1 Å². The number of halogens is 1. The minimum atomic E-state index is -0.564. The molecule has 0 fully saturated rings. The topological polar surface area (TPSA) is 47.6 Å². The van der Waals surface area contributed by atoms with Gasteiger partial charge in [-0.3, -0.25) is 4.79 Å². The van der Waals surface area contributed by atoms with E-state index < -0.39 is 6.10 Å². The standard InChI is InChI=1S/C18H20BrNO3/c1-13(23-17-9-7-16(19)8-10-17)18(21)20-11-14-5-3-4-6-15(14)12-22-2/h3-10,13H,11-12H2,1-2H3,(H,20,21). The molecule has 0 radical (unpaired) electrons. The van der Waals surface area contributed by atoms with E-state index in [-0.39, 0.29) is 5.91 Å². The van der Waals surface area contributed by atoms with Crippen molar-refractivity contribution in [1.82, 2.24) is 5.32 Å². The van der Waals surface area contributed by atoms with Crippen LogP contribution in [0, 0.1) is 0 Å². The molecule has 0 spiro atoms. The average molecular weight is 378 g/mol. The van der Waals surface area contributed by atoms with Gasteiger partial charge in [0.1, 0.15) is 5.75 Å². The van der Waals surface area contributed by atoms with Crippen LogP contribution in [0.2, 0.25) is 0 Å². The summed E-state index contributed by atoms with van der Waals surface area (Å²) in [5.74, 6) is 0.510. The smallest absolute Gasteiger partial charge is 0.261 e. The Balaban J connectivity index is 1.90. The van der Waals surface area contributed by atoms with E-state index in [1.54, 1.807) is 14.0 Å². The summed E-state index contributed by atoms with van der Waals surface area (Å²) in [6.07, 6.45) is -0.564. The number of nitrogens with one attached hydrogen (secondary N) is 1. The van der Waals surface area contributed by atoms with Crippen LogP contribution in [0.15, 0.2) is 53.0 Å². The molecular weight excluding hydrogens is 358 g/mol. The molecule has 1 N–H and O–H groups in total. The van der Waals surface area contributed by atoms with Crippen LogP contribution in [-0.2, 0) is 22.7 Å². The lowest BCUT2D eigenvalue weighted by Crippen LogP contribution is -2.36. The molecule has 1 unspecified atom stereocenters. The maximum Gasteiger partial charge on any atom is 0.261 e. The number of benzene rings is 2. The molecule has 0 saturated heterocycles. The second kappa shape index (κ2) is 8.70. The third-order valence-electron chi connectivity index (χ3n) is 3.37. The van der Waals surface area contributed by atoms with Gasteiger partial charge in [0, 0.05) is 18.1 Å². The molecular formula is C18H20BrNO3. The van der Waals surface area contributed by atoms with Crippen LogP contribution in [0.25, 0.3) is 0 Å². The molecule has 0 aliphatic carbocycles.